The maximum absolute atomic E-state index is 12.4. The summed E-state index contributed by atoms with van der Waals surface area (Å²) in [7, 11) is 0. The van der Waals surface area contributed by atoms with Gasteiger partial charge >= 0.3 is 5.97 Å². The van der Waals surface area contributed by atoms with Crippen molar-refractivity contribution < 1.29 is 24.3 Å². The first-order valence-electron chi connectivity index (χ1n) is 6.58. The molecule has 0 aromatic heterocycles. The second-order valence-corrected chi connectivity index (χ2v) is 6.04. The number of hydrogen-bond donors (Lipinski definition) is 1. The number of amides is 3. The third-order valence-corrected chi connectivity index (χ3v) is 4.28. The van der Waals surface area contributed by atoms with Crippen LogP contribution in [0.5, 0.6) is 0 Å². The zero-order valence-corrected chi connectivity index (χ0v) is 12.9. The highest BCUT2D eigenvalue weighted by Crippen LogP contribution is 2.30. The highest BCUT2D eigenvalue weighted by atomic mass is 79.9. The van der Waals surface area contributed by atoms with Gasteiger partial charge in [-0.1, -0.05) is 15.9 Å². The van der Waals surface area contributed by atoms with Crippen molar-refractivity contribution in [2.45, 2.75) is 12.5 Å². The molecule has 0 radical (unpaired) electrons. The molecule has 3 rings (SSSR count). The van der Waals surface area contributed by atoms with Gasteiger partial charge in [-0.05, 0) is 24.6 Å². The molecule has 1 saturated heterocycles. The third kappa shape index (κ3) is 2.19. The van der Waals surface area contributed by atoms with E-state index in [4.69, 9.17) is 5.11 Å². The van der Waals surface area contributed by atoms with E-state index in [-0.39, 0.29) is 24.1 Å². The van der Waals surface area contributed by atoms with Gasteiger partial charge in [-0.15, -0.1) is 0 Å². The number of imide groups is 1. The number of hydrogen-bond acceptors (Lipinski definition) is 4. The molecule has 1 atom stereocenters. The maximum Gasteiger partial charge on any atom is 0.323 e. The van der Waals surface area contributed by atoms with Crippen LogP contribution in [0.3, 0.4) is 0 Å². The Morgan fingerprint density at radius 1 is 1.23 bits per heavy atom. The Hall–Kier alpha value is -2.22. The maximum atomic E-state index is 12.4. The van der Waals surface area contributed by atoms with Crippen molar-refractivity contribution in [3.05, 3.63) is 33.8 Å². The zero-order chi connectivity index (χ0) is 16.0. The first kappa shape index (κ1) is 14.7. The second kappa shape index (κ2) is 5.20. The van der Waals surface area contributed by atoms with Crippen molar-refractivity contribution in [3.8, 4) is 0 Å². The Kier molecular flexibility index (Phi) is 3.48. The standard InChI is InChI=1S/C14H11BrN2O5/c15-7-1-2-8-9(5-7)13(21)17(12(8)20)10-3-4-16(14(10)22)6-11(18)19/h1-2,5,10H,3-4,6H2,(H,18,19). The van der Waals surface area contributed by atoms with Gasteiger partial charge in [0.25, 0.3) is 11.8 Å². The largest absolute Gasteiger partial charge is 0.480 e. The average Bonchev–Trinajstić information content (AvgIpc) is 2.90. The summed E-state index contributed by atoms with van der Waals surface area (Å²) < 4.78 is 0.666. The molecular formula is C14H11BrN2O5. The fourth-order valence-electron chi connectivity index (χ4n) is 2.80. The Labute approximate surface area is 133 Å². The SMILES string of the molecule is O=C(O)CN1CCC(N2C(=O)c3ccc(Br)cc3C2=O)C1=O. The number of rotatable bonds is 3. The van der Waals surface area contributed by atoms with Gasteiger partial charge in [0, 0.05) is 11.0 Å². The van der Waals surface area contributed by atoms with Crippen LogP contribution in [0.2, 0.25) is 0 Å². The highest BCUT2D eigenvalue weighted by Gasteiger charge is 2.46. The number of nitrogens with zero attached hydrogens (tertiary/aromatic N) is 2. The van der Waals surface area contributed by atoms with Gasteiger partial charge in [0.15, 0.2) is 0 Å². The lowest BCUT2D eigenvalue weighted by Gasteiger charge is -2.21. The molecule has 3 amide bonds. The number of aliphatic carboxylic acids is 1. The smallest absolute Gasteiger partial charge is 0.323 e. The van der Waals surface area contributed by atoms with E-state index < -0.39 is 36.3 Å². The molecule has 7 nitrogen and oxygen atoms in total. The van der Waals surface area contributed by atoms with Crippen molar-refractivity contribution in [2.75, 3.05) is 13.1 Å². The highest BCUT2D eigenvalue weighted by molar-refractivity contribution is 9.10. The third-order valence-electron chi connectivity index (χ3n) is 3.79. The van der Waals surface area contributed by atoms with Crippen molar-refractivity contribution in [3.63, 3.8) is 0 Å². The van der Waals surface area contributed by atoms with Gasteiger partial charge in [0.2, 0.25) is 5.91 Å². The molecule has 1 N–H and O–H groups in total. The molecule has 0 saturated carbocycles. The molecule has 2 aliphatic rings. The molecule has 0 bridgehead atoms. The van der Waals surface area contributed by atoms with E-state index in [1.54, 1.807) is 12.1 Å². The average molecular weight is 367 g/mol. The van der Waals surface area contributed by atoms with E-state index >= 15 is 0 Å². The molecule has 2 aliphatic heterocycles. The van der Waals surface area contributed by atoms with E-state index in [2.05, 4.69) is 15.9 Å². The van der Waals surface area contributed by atoms with Gasteiger partial charge in [0.05, 0.1) is 11.1 Å². The molecule has 1 fully saturated rings. The van der Waals surface area contributed by atoms with Crippen LogP contribution in [0.1, 0.15) is 27.1 Å². The molecule has 0 spiro atoms. The molecule has 2 heterocycles. The van der Waals surface area contributed by atoms with Crippen molar-refractivity contribution >= 4 is 39.6 Å². The summed E-state index contributed by atoms with van der Waals surface area (Å²) in [4.78, 5) is 49.9. The van der Waals surface area contributed by atoms with Gasteiger partial charge in [-0.3, -0.25) is 24.1 Å². The fraction of sp³-hybridized carbons (Fsp3) is 0.286. The molecule has 1 aromatic carbocycles. The Bertz CT molecular complexity index is 717. The zero-order valence-electron chi connectivity index (χ0n) is 11.3. The summed E-state index contributed by atoms with van der Waals surface area (Å²) in [6.45, 7) is -0.211. The molecule has 1 unspecified atom stereocenters. The Morgan fingerprint density at radius 3 is 2.59 bits per heavy atom. The van der Waals surface area contributed by atoms with E-state index in [1.165, 1.54) is 6.07 Å². The molecule has 0 aliphatic carbocycles. The summed E-state index contributed by atoms with van der Waals surface area (Å²) in [5.74, 6) is -2.66. The van der Waals surface area contributed by atoms with E-state index in [1.807, 2.05) is 0 Å². The van der Waals surface area contributed by atoms with Crippen LogP contribution in [-0.2, 0) is 9.59 Å². The first-order valence-corrected chi connectivity index (χ1v) is 7.37. The Balaban J connectivity index is 1.88. The van der Waals surface area contributed by atoms with Crippen LogP contribution in [0, 0.1) is 0 Å². The predicted molar refractivity (Wildman–Crippen MR) is 77.3 cm³/mol. The van der Waals surface area contributed by atoms with Crippen LogP contribution in [0.15, 0.2) is 22.7 Å². The number of carbonyl (C=O) groups excluding carboxylic acids is 3. The van der Waals surface area contributed by atoms with Crippen molar-refractivity contribution in [2.24, 2.45) is 0 Å². The topological polar surface area (TPSA) is 95.0 Å². The number of carboxylic acid groups (broad SMARTS) is 1. The van der Waals surface area contributed by atoms with Crippen molar-refractivity contribution in [1.82, 2.24) is 9.80 Å². The summed E-state index contributed by atoms with van der Waals surface area (Å²) in [6, 6.07) is 3.81. The number of fused-ring (bicyclic) bond motifs is 1. The fourth-order valence-corrected chi connectivity index (χ4v) is 3.16. The van der Waals surface area contributed by atoms with Gasteiger partial charge in [-0.25, -0.2) is 0 Å². The van der Waals surface area contributed by atoms with E-state index in [0.717, 1.165) is 9.80 Å². The summed E-state index contributed by atoms with van der Waals surface area (Å²) >= 11 is 3.24. The molecule has 1 aromatic rings. The molecule has 22 heavy (non-hydrogen) atoms. The monoisotopic (exact) mass is 366 g/mol. The molecule has 114 valence electrons. The normalized spacial score (nSPS) is 20.8. The summed E-state index contributed by atoms with van der Waals surface area (Å²) in [6.07, 6.45) is 0.249. The minimum Gasteiger partial charge on any atom is -0.480 e. The number of benzene rings is 1. The quantitative estimate of drug-likeness (QED) is 0.795. The number of halogens is 1. The van der Waals surface area contributed by atoms with Gasteiger partial charge < -0.3 is 10.0 Å². The summed E-state index contributed by atoms with van der Waals surface area (Å²) in [5.41, 5.74) is 0.515. The minimum atomic E-state index is -1.12. The number of likely N-dealkylation sites (tertiary alicyclic amines) is 1. The van der Waals surface area contributed by atoms with Crippen LogP contribution in [-0.4, -0.2) is 57.7 Å². The number of carboxylic acids is 1. The van der Waals surface area contributed by atoms with Crippen molar-refractivity contribution in [1.29, 1.82) is 0 Å². The minimum absolute atomic E-state index is 0.215. The van der Waals surface area contributed by atoms with E-state index in [9.17, 15) is 19.2 Å². The molecule has 8 heteroatoms. The van der Waals surface area contributed by atoms with Crippen LogP contribution in [0.4, 0.5) is 0 Å². The second-order valence-electron chi connectivity index (χ2n) is 5.13. The van der Waals surface area contributed by atoms with Crippen LogP contribution >= 0.6 is 15.9 Å². The van der Waals surface area contributed by atoms with Gasteiger partial charge in [-0.2, -0.15) is 0 Å². The van der Waals surface area contributed by atoms with E-state index in [0.29, 0.717) is 4.47 Å². The summed E-state index contributed by atoms with van der Waals surface area (Å²) in [5, 5.41) is 8.77. The Morgan fingerprint density at radius 2 is 1.91 bits per heavy atom. The van der Waals surface area contributed by atoms with Crippen LogP contribution in [0.25, 0.3) is 0 Å². The lowest BCUT2D eigenvalue weighted by molar-refractivity contribution is -0.143. The molecular weight excluding hydrogens is 356 g/mol. The van der Waals surface area contributed by atoms with Crippen LogP contribution < -0.4 is 0 Å². The first-order chi connectivity index (χ1) is 10.4. The predicted octanol–water partition coefficient (Wildman–Crippen LogP) is 0.731. The lowest BCUT2D eigenvalue weighted by Crippen LogP contribution is -2.45. The number of carbonyl (C=O) groups is 4. The van der Waals surface area contributed by atoms with Gasteiger partial charge in [0.1, 0.15) is 12.6 Å². The lowest BCUT2D eigenvalue weighted by atomic mass is 10.1.